The number of nitrogens with one attached hydrogen (secondary N) is 1. The number of aromatic hydroxyl groups is 1. The monoisotopic (exact) mass is 353 g/mol. The number of aliphatic hydroxyl groups excluding tert-OH is 1. The Balaban J connectivity index is 2.40. The van der Waals surface area contributed by atoms with Crippen molar-refractivity contribution in [2.24, 2.45) is 0 Å². The third-order valence-electron chi connectivity index (χ3n) is 3.87. The molecule has 0 saturated heterocycles. The lowest BCUT2D eigenvalue weighted by molar-refractivity contribution is -0.114. The predicted molar refractivity (Wildman–Crippen MR) is 88.1 cm³/mol. The molecule has 7 nitrogen and oxygen atoms in total. The van der Waals surface area contributed by atoms with Crippen LogP contribution in [0.2, 0.25) is 0 Å². The zero-order chi connectivity index (χ0) is 17.9. The number of benzene rings is 1. The number of hydrogen-bond donors (Lipinski definition) is 5. The molecule has 130 valence electrons. The highest BCUT2D eigenvalue weighted by atomic mass is 31.2. The molecule has 0 bridgehead atoms. The van der Waals surface area contributed by atoms with Gasteiger partial charge in [-0.2, -0.15) is 0 Å². The standard InChI is InChI=1S/C16H20NO6P/c1-2-13(10-4-3-5-11(18)8-10)16(20)14-7-6-12(19)9-15(14)17-24(21,22)23/h3-8,13,16,18,20H,2,9H2,1H3,(H3,17,21,22,23). The number of aliphatic hydroxyl groups is 1. The van der Waals surface area contributed by atoms with Gasteiger partial charge in [0.1, 0.15) is 5.75 Å². The van der Waals surface area contributed by atoms with Gasteiger partial charge in [0.25, 0.3) is 0 Å². The summed E-state index contributed by atoms with van der Waals surface area (Å²) in [6.07, 6.45) is 1.87. The van der Waals surface area contributed by atoms with Crippen LogP contribution >= 0.6 is 7.75 Å². The second-order valence-corrected chi connectivity index (χ2v) is 6.93. The normalized spacial score (nSPS) is 17.8. The zero-order valence-electron chi connectivity index (χ0n) is 13.1. The van der Waals surface area contributed by atoms with Crippen LogP contribution in [0, 0.1) is 0 Å². The van der Waals surface area contributed by atoms with E-state index >= 15 is 0 Å². The minimum atomic E-state index is -4.60. The molecule has 0 amide bonds. The summed E-state index contributed by atoms with van der Waals surface area (Å²) in [5.74, 6) is -0.652. The van der Waals surface area contributed by atoms with Crippen molar-refractivity contribution in [2.45, 2.75) is 31.8 Å². The van der Waals surface area contributed by atoms with Crippen molar-refractivity contribution in [3.63, 3.8) is 0 Å². The van der Waals surface area contributed by atoms with E-state index in [1.54, 1.807) is 12.1 Å². The quantitative estimate of drug-likeness (QED) is 0.493. The number of carbonyl (C=O) groups excluding carboxylic acids is 1. The highest BCUT2D eigenvalue weighted by Crippen LogP contribution is 2.37. The molecule has 1 aromatic rings. The van der Waals surface area contributed by atoms with Gasteiger partial charge in [-0.1, -0.05) is 25.1 Å². The van der Waals surface area contributed by atoms with Crippen LogP contribution in [-0.4, -0.2) is 31.9 Å². The molecule has 2 atom stereocenters. The summed E-state index contributed by atoms with van der Waals surface area (Å²) < 4.78 is 11.2. The van der Waals surface area contributed by atoms with Gasteiger partial charge in [-0.05, 0) is 30.2 Å². The second kappa shape index (κ2) is 7.32. The van der Waals surface area contributed by atoms with Crippen LogP contribution in [0.5, 0.6) is 5.75 Å². The van der Waals surface area contributed by atoms with E-state index in [4.69, 9.17) is 9.79 Å². The van der Waals surface area contributed by atoms with E-state index in [0.29, 0.717) is 12.0 Å². The Bertz CT molecular complexity index is 736. The molecule has 0 heterocycles. The average Bonchev–Trinajstić information content (AvgIpc) is 2.46. The van der Waals surface area contributed by atoms with Gasteiger partial charge in [0.05, 0.1) is 12.5 Å². The third-order valence-corrected chi connectivity index (χ3v) is 4.43. The minimum absolute atomic E-state index is 0.0157. The van der Waals surface area contributed by atoms with Gasteiger partial charge in [0.15, 0.2) is 5.78 Å². The van der Waals surface area contributed by atoms with Crippen molar-refractivity contribution in [1.82, 2.24) is 5.09 Å². The molecule has 0 aliphatic heterocycles. The number of allylic oxidation sites excluding steroid dienone is 2. The van der Waals surface area contributed by atoms with Crippen LogP contribution in [-0.2, 0) is 9.36 Å². The first-order valence-corrected chi connectivity index (χ1v) is 9.07. The Morgan fingerprint density at radius 1 is 1.29 bits per heavy atom. The SMILES string of the molecule is CCC(c1cccc(O)c1)C(O)C1=C(NP(=O)(O)O)CC(=O)C=C1. The van der Waals surface area contributed by atoms with Gasteiger partial charge >= 0.3 is 7.75 Å². The number of rotatable bonds is 6. The Morgan fingerprint density at radius 2 is 2.00 bits per heavy atom. The molecule has 0 fully saturated rings. The molecule has 0 radical (unpaired) electrons. The van der Waals surface area contributed by atoms with Crippen molar-refractivity contribution in [1.29, 1.82) is 0 Å². The summed E-state index contributed by atoms with van der Waals surface area (Å²) in [5, 5.41) is 22.4. The Hall–Kier alpha value is -1.92. The fourth-order valence-corrected chi connectivity index (χ4v) is 3.35. The van der Waals surface area contributed by atoms with Gasteiger partial charge in [-0.25, -0.2) is 4.57 Å². The largest absolute Gasteiger partial charge is 0.508 e. The molecule has 1 aliphatic rings. The fraction of sp³-hybridized carbons (Fsp3) is 0.312. The molecule has 2 rings (SSSR count). The first kappa shape index (κ1) is 18.4. The van der Waals surface area contributed by atoms with E-state index in [0.717, 1.165) is 0 Å². The van der Waals surface area contributed by atoms with Gasteiger partial charge in [-0.3, -0.25) is 9.88 Å². The van der Waals surface area contributed by atoms with Crippen LogP contribution in [0.15, 0.2) is 47.7 Å². The third kappa shape index (κ3) is 4.55. The first-order valence-electron chi connectivity index (χ1n) is 7.46. The van der Waals surface area contributed by atoms with Crippen molar-refractivity contribution >= 4 is 13.5 Å². The van der Waals surface area contributed by atoms with Crippen LogP contribution in [0.3, 0.4) is 0 Å². The van der Waals surface area contributed by atoms with E-state index in [1.165, 1.54) is 24.3 Å². The number of ketones is 1. The average molecular weight is 353 g/mol. The van der Waals surface area contributed by atoms with Crippen molar-refractivity contribution in [2.75, 3.05) is 0 Å². The number of hydrogen-bond acceptors (Lipinski definition) is 4. The van der Waals surface area contributed by atoms with E-state index in [-0.39, 0.29) is 29.2 Å². The Kier molecular flexibility index (Phi) is 5.62. The molecule has 2 unspecified atom stereocenters. The van der Waals surface area contributed by atoms with E-state index in [9.17, 15) is 19.6 Å². The maximum absolute atomic E-state index is 11.6. The molecule has 0 spiro atoms. The number of phenolic OH excluding ortho intramolecular Hbond substituents is 1. The minimum Gasteiger partial charge on any atom is -0.508 e. The van der Waals surface area contributed by atoms with E-state index in [1.807, 2.05) is 12.0 Å². The smallest absolute Gasteiger partial charge is 0.427 e. The van der Waals surface area contributed by atoms with Gasteiger partial charge in [0, 0.05) is 17.2 Å². The summed E-state index contributed by atoms with van der Waals surface area (Å²) in [5.41, 5.74) is 0.966. The van der Waals surface area contributed by atoms with Crippen LogP contribution in [0.4, 0.5) is 0 Å². The molecule has 1 aromatic carbocycles. The highest BCUT2D eigenvalue weighted by molar-refractivity contribution is 7.49. The highest BCUT2D eigenvalue weighted by Gasteiger charge is 2.29. The lowest BCUT2D eigenvalue weighted by Gasteiger charge is -2.27. The summed E-state index contributed by atoms with van der Waals surface area (Å²) in [6.45, 7) is 1.85. The van der Waals surface area contributed by atoms with E-state index < -0.39 is 19.8 Å². The molecule has 8 heteroatoms. The Morgan fingerprint density at radius 3 is 2.58 bits per heavy atom. The Labute approximate surface area is 139 Å². The molecular weight excluding hydrogens is 333 g/mol. The molecule has 5 N–H and O–H groups in total. The topological polar surface area (TPSA) is 127 Å². The molecular formula is C16H20NO6P. The molecule has 0 aromatic heterocycles. The van der Waals surface area contributed by atoms with Crippen LogP contribution < -0.4 is 5.09 Å². The zero-order valence-corrected chi connectivity index (χ0v) is 14.0. The van der Waals surface area contributed by atoms with Crippen molar-refractivity contribution in [3.05, 3.63) is 53.3 Å². The maximum atomic E-state index is 11.6. The fourth-order valence-electron chi connectivity index (χ4n) is 2.79. The molecule has 24 heavy (non-hydrogen) atoms. The predicted octanol–water partition coefficient (Wildman–Crippen LogP) is 1.71. The molecule has 1 aliphatic carbocycles. The van der Waals surface area contributed by atoms with Gasteiger partial charge in [0.2, 0.25) is 0 Å². The van der Waals surface area contributed by atoms with Crippen LogP contribution in [0.1, 0.15) is 31.2 Å². The maximum Gasteiger partial charge on any atom is 0.427 e. The van der Waals surface area contributed by atoms with Crippen molar-refractivity contribution < 1.29 is 29.4 Å². The second-order valence-electron chi connectivity index (χ2n) is 5.62. The van der Waals surface area contributed by atoms with Crippen LogP contribution in [0.25, 0.3) is 0 Å². The number of carbonyl (C=O) groups is 1. The summed E-state index contributed by atoms with van der Waals surface area (Å²) >= 11 is 0. The first-order chi connectivity index (χ1) is 11.2. The van der Waals surface area contributed by atoms with Gasteiger partial charge in [-0.15, -0.1) is 0 Å². The van der Waals surface area contributed by atoms with Gasteiger partial charge < -0.3 is 20.0 Å². The number of phenols is 1. The summed E-state index contributed by atoms with van der Waals surface area (Å²) in [7, 11) is -4.60. The lowest BCUT2D eigenvalue weighted by Crippen LogP contribution is -2.27. The summed E-state index contributed by atoms with van der Waals surface area (Å²) in [6, 6.07) is 6.46. The summed E-state index contributed by atoms with van der Waals surface area (Å²) in [4.78, 5) is 29.8. The lowest BCUT2D eigenvalue weighted by atomic mass is 9.84. The molecule has 0 saturated carbocycles. The van der Waals surface area contributed by atoms with Crippen molar-refractivity contribution in [3.8, 4) is 5.75 Å². The van der Waals surface area contributed by atoms with E-state index in [2.05, 4.69) is 0 Å².